The summed E-state index contributed by atoms with van der Waals surface area (Å²) in [6.45, 7) is 11.5. The maximum atomic E-state index is 6.11. The molecule has 0 spiro atoms. The molecule has 0 unspecified atom stereocenters. The molecule has 18 heavy (non-hydrogen) atoms. The SMILES string of the molecule is CC1(C)C(NCC2(CN)CCCCCC2)C1(C)C. The van der Waals surface area contributed by atoms with Gasteiger partial charge >= 0.3 is 0 Å². The van der Waals surface area contributed by atoms with E-state index in [1.54, 1.807) is 0 Å². The molecule has 0 heterocycles. The Morgan fingerprint density at radius 3 is 1.83 bits per heavy atom. The van der Waals surface area contributed by atoms with Gasteiger partial charge in [0.05, 0.1) is 0 Å². The van der Waals surface area contributed by atoms with Gasteiger partial charge in [-0.15, -0.1) is 0 Å². The Morgan fingerprint density at radius 2 is 1.44 bits per heavy atom. The summed E-state index contributed by atoms with van der Waals surface area (Å²) in [5.74, 6) is 0. The Hall–Kier alpha value is -0.0800. The van der Waals surface area contributed by atoms with Crippen molar-refractivity contribution in [3.8, 4) is 0 Å². The number of nitrogens with two attached hydrogens (primary N) is 1. The van der Waals surface area contributed by atoms with E-state index in [4.69, 9.17) is 5.73 Å². The quantitative estimate of drug-likeness (QED) is 0.753. The summed E-state index contributed by atoms with van der Waals surface area (Å²) >= 11 is 0. The van der Waals surface area contributed by atoms with E-state index < -0.39 is 0 Å². The van der Waals surface area contributed by atoms with Crippen molar-refractivity contribution in [2.75, 3.05) is 13.1 Å². The van der Waals surface area contributed by atoms with E-state index in [0.29, 0.717) is 22.3 Å². The maximum Gasteiger partial charge on any atom is 0.0181 e. The van der Waals surface area contributed by atoms with Crippen molar-refractivity contribution in [2.45, 2.75) is 72.3 Å². The molecule has 0 aromatic heterocycles. The zero-order valence-corrected chi connectivity index (χ0v) is 12.8. The minimum Gasteiger partial charge on any atom is -0.330 e. The lowest BCUT2D eigenvalue weighted by Crippen LogP contribution is -2.42. The van der Waals surface area contributed by atoms with Gasteiger partial charge in [-0.05, 0) is 35.6 Å². The van der Waals surface area contributed by atoms with Crippen molar-refractivity contribution < 1.29 is 0 Å². The molecule has 0 aromatic carbocycles. The highest BCUT2D eigenvalue weighted by molar-refractivity contribution is 5.18. The number of rotatable bonds is 4. The van der Waals surface area contributed by atoms with E-state index in [0.717, 1.165) is 13.1 Å². The zero-order valence-electron chi connectivity index (χ0n) is 12.8. The van der Waals surface area contributed by atoms with E-state index in [1.807, 2.05) is 0 Å². The summed E-state index contributed by atoms with van der Waals surface area (Å²) in [5.41, 5.74) is 7.37. The summed E-state index contributed by atoms with van der Waals surface area (Å²) in [6, 6.07) is 0.664. The molecule has 2 rings (SSSR count). The second-order valence-electron chi connectivity index (χ2n) is 7.88. The van der Waals surface area contributed by atoms with Crippen LogP contribution in [0.5, 0.6) is 0 Å². The molecular weight excluding hydrogens is 220 g/mol. The summed E-state index contributed by atoms with van der Waals surface area (Å²) in [6.07, 6.45) is 8.20. The maximum absolute atomic E-state index is 6.11. The molecule has 0 atom stereocenters. The summed E-state index contributed by atoms with van der Waals surface area (Å²) < 4.78 is 0. The van der Waals surface area contributed by atoms with Crippen LogP contribution in [0.4, 0.5) is 0 Å². The zero-order chi connectivity index (χ0) is 13.4. The Morgan fingerprint density at radius 1 is 0.944 bits per heavy atom. The second kappa shape index (κ2) is 4.79. The van der Waals surface area contributed by atoms with Gasteiger partial charge in [-0.2, -0.15) is 0 Å². The predicted molar refractivity (Wildman–Crippen MR) is 78.5 cm³/mol. The van der Waals surface area contributed by atoms with E-state index in [-0.39, 0.29) is 0 Å². The molecule has 0 aliphatic heterocycles. The molecule has 106 valence electrons. The first-order chi connectivity index (χ1) is 8.36. The highest BCUT2D eigenvalue weighted by Crippen LogP contribution is 2.62. The fourth-order valence-electron chi connectivity index (χ4n) is 3.96. The molecule has 2 fully saturated rings. The lowest BCUT2D eigenvalue weighted by atomic mass is 9.80. The van der Waals surface area contributed by atoms with E-state index in [1.165, 1.54) is 38.5 Å². The third kappa shape index (κ3) is 2.34. The van der Waals surface area contributed by atoms with Crippen LogP contribution < -0.4 is 11.1 Å². The van der Waals surface area contributed by atoms with Crippen LogP contribution in [0.1, 0.15) is 66.2 Å². The van der Waals surface area contributed by atoms with Crippen molar-refractivity contribution in [3.63, 3.8) is 0 Å². The monoisotopic (exact) mass is 252 g/mol. The van der Waals surface area contributed by atoms with Gasteiger partial charge in [0.25, 0.3) is 0 Å². The van der Waals surface area contributed by atoms with Crippen LogP contribution in [-0.2, 0) is 0 Å². The van der Waals surface area contributed by atoms with Crippen LogP contribution in [0.3, 0.4) is 0 Å². The molecule has 2 aliphatic carbocycles. The van der Waals surface area contributed by atoms with Crippen LogP contribution in [-0.4, -0.2) is 19.1 Å². The average molecular weight is 252 g/mol. The third-order valence-corrected chi connectivity index (χ3v) is 6.30. The van der Waals surface area contributed by atoms with Gasteiger partial charge in [0.15, 0.2) is 0 Å². The van der Waals surface area contributed by atoms with Gasteiger partial charge < -0.3 is 11.1 Å². The summed E-state index contributed by atoms with van der Waals surface area (Å²) in [5, 5.41) is 3.85. The van der Waals surface area contributed by atoms with Crippen LogP contribution in [0, 0.1) is 16.2 Å². The molecular formula is C16H32N2. The molecule has 2 heteroatoms. The molecule has 0 amide bonds. The lowest BCUT2D eigenvalue weighted by molar-refractivity contribution is 0.236. The Labute approximate surface area is 113 Å². The molecule has 2 aliphatic rings. The molecule has 2 nitrogen and oxygen atoms in total. The minimum absolute atomic E-state index is 0.380. The fraction of sp³-hybridized carbons (Fsp3) is 1.00. The van der Waals surface area contributed by atoms with Gasteiger partial charge in [-0.1, -0.05) is 53.4 Å². The van der Waals surface area contributed by atoms with Crippen molar-refractivity contribution in [1.82, 2.24) is 5.32 Å². The van der Waals surface area contributed by atoms with E-state index in [9.17, 15) is 0 Å². The smallest absolute Gasteiger partial charge is 0.0181 e. The summed E-state index contributed by atoms with van der Waals surface area (Å²) in [4.78, 5) is 0. The second-order valence-corrected chi connectivity index (χ2v) is 7.88. The van der Waals surface area contributed by atoms with Crippen molar-refractivity contribution in [1.29, 1.82) is 0 Å². The van der Waals surface area contributed by atoms with Crippen molar-refractivity contribution in [2.24, 2.45) is 22.0 Å². The van der Waals surface area contributed by atoms with Crippen LogP contribution >= 0.6 is 0 Å². The van der Waals surface area contributed by atoms with Gasteiger partial charge in [0, 0.05) is 12.6 Å². The van der Waals surface area contributed by atoms with Gasteiger partial charge in [-0.3, -0.25) is 0 Å². The number of hydrogen-bond acceptors (Lipinski definition) is 2. The largest absolute Gasteiger partial charge is 0.330 e. The van der Waals surface area contributed by atoms with Crippen molar-refractivity contribution in [3.05, 3.63) is 0 Å². The first kappa shape index (κ1) is 14.3. The molecule has 0 saturated heterocycles. The Bertz CT molecular complexity index is 271. The van der Waals surface area contributed by atoms with Crippen LogP contribution in [0.15, 0.2) is 0 Å². The molecule has 0 bridgehead atoms. The summed E-state index contributed by atoms with van der Waals surface area (Å²) in [7, 11) is 0. The Balaban J connectivity index is 1.92. The standard InChI is InChI=1S/C16H32N2/c1-14(2)13(15(14,3)4)18-12-16(11-17)9-7-5-6-8-10-16/h13,18H,5-12,17H2,1-4H3. The number of nitrogens with one attached hydrogen (secondary N) is 1. The predicted octanol–water partition coefficient (Wildman–Crippen LogP) is 3.31. The average Bonchev–Trinajstić information content (AvgIpc) is 2.83. The van der Waals surface area contributed by atoms with E-state index in [2.05, 4.69) is 33.0 Å². The molecule has 2 saturated carbocycles. The highest BCUT2D eigenvalue weighted by atomic mass is 15.0. The van der Waals surface area contributed by atoms with Gasteiger partial charge in [0.2, 0.25) is 0 Å². The number of hydrogen-bond donors (Lipinski definition) is 2. The minimum atomic E-state index is 0.380. The molecule has 0 aromatic rings. The Kier molecular flexibility index (Phi) is 3.81. The van der Waals surface area contributed by atoms with Crippen molar-refractivity contribution >= 4 is 0 Å². The first-order valence-electron chi connectivity index (χ1n) is 7.79. The van der Waals surface area contributed by atoms with Crippen LogP contribution in [0.2, 0.25) is 0 Å². The van der Waals surface area contributed by atoms with Gasteiger partial charge in [-0.25, -0.2) is 0 Å². The lowest BCUT2D eigenvalue weighted by Gasteiger charge is -2.32. The fourth-order valence-corrected chi connectivity index (χ4v) is 3.96. The molecule has 0 radical (unpaired) electrons. The van der Waals surface area contributed by atoms with Gasteiger partial charge in [0.1, 0.15) is 0 Å². The topological polar surface area (TPSA) is 38.0 Å². The first-order valence-corrected chi connectivity index (χ1v) is 7.79. The van der Waals surface area contributed by atoms with E-state index >= 15 is 0 Å². The molecule has 3 N–H and O–H groups in total. The van der Waals surface area contributed by atoms with Crippen LogP contribution in [0.25, 0.3) is 0 Å². The normalized spacial score (nSPS) is 29.8. The highest BCUT2D eigenvalue weighted by Gasteiger charge is 2.64. The third-order valence-electron chi connectivity index (χ3n) is 6.30.